The molecule has 2 aliphatic rings. The first kappa shape index (κ1) is 20.2. The molecule has 0 radical (unpaired) electrons. The molecule has 2 fully saturated rings. The number of morpholine rings is 1. The number of thiophene rings is 1. The fourth-order valence-corrected chi connectivity index (χ4v) is 5.85. The Labute approximate surface area is 184 Å². The van der Waals surface area contributed by atoms with Crippen LogP contribution in [0.4, 0.5) is 0 Å². The monoisotopic (exact) mass is 439 g/mol. The number of rotatable bonds is 3. The largest absolute Gasteiger partial charge is 0.436 e. The zero-order valence-corrected chi connectivity index (χ0v) is 18.5. The topological polar surface area (TPSA) is 75.9 Å². The van der Waals surface area contributed by atoms with Gasteiger partial charge in [-0.15, -0.1) is 11.3 Å². The van der Waals surface area contributed by atoms with Crippen LogP contribution in [0.5, 0.6) is 0 Å². The highest BCUT2D eigenvalue weighted by molar-refractivity contribution is 7.21. The number of aromatic nitrogens is 1. The molecule has 0 aliphatic carbocycles. The zero-order valence-electron chi connectivity index (χ0n) is 17.7. The van der Waals surface area contributed by atoms with E-state index in [1.807, 2.05) is 21.9 Å². The summed E-state index contributed by atoms with van der Waals surface area (Å²) >= 11 is 1.56. The third kappa shape index (κ3) is 3.64. The van der Waals surface area contributed by atoms with Crippen LogP contribution >= 0.6 is 11.3 Å². The number of benzene rings is 1. The Hall–Kier alpha value is -2.71. The van der Waals surface area contributed by atoms with Gasteiger partial charge in [-0.2, -0.15) is 0 Å². The fraction of sp³-hybridized carbons (Fsp3) is 0.435. The SMILES string of the molecule is Cc1nc(C)c(C(=O)N2CCC(c3c(C(=O)N4CCOCC4)sc4ccccc34)C2)o1. The Kier molecular flexibility index (Phi) is 5.27. The van der Waals surface area contributed by atoms with Crippen molar-refractivity contribution < 1.29 is 18.7 Å². The molecule has 31 heavy (non-hydrogen) atoms. The summed E-state index contributed by atoms with van der Waals surface area (Å²) < 4.78 is 12.1. The van der Waals surface area contributed by atoms with Crippen molar-refractivity contribution in [3.63, 3.8) is 0 Å². The van der Waals surface area contributed by atoms with Crippen molar-refractivity contribution in [2.45, 2.75) is 26.2 Å². The second-order valence-corrected chi connectivity index (χ2v) is 9.18. The minimum Gasteiger partial charge on any atom is -0.436 e. The van der Waals surface area contributed by atoms with Crippen LogP contribution in [0.1, 0.15) is 49.7 Å². The van der Waals surface area contributed by atoms with Gasteiger partial charge in [-0.05, 0) is 30.4 Å². The lowest BCUT2D eigenvalue weighted by atomic mass is 9.94. The molecule has 0 saturated carbocycles. The lowest BCUT2D eigenvalue weighted by Gasteiger charge is -2.27. The van der Waals surface area contributed by atoms with Crippen molar-refractivity contribution in [2.75, 3.05) is 39.4 Å². The maximum absolute atomic E-state index is 13.4. The second-order valence-electron chi connectivity index (χ2n) is 8.13. The number of ether oxygens (including phenoxy) is 1. The normalized spacial score (nSPS) is 19.4. The third-order valence-electron chi connectivity index (χ3n) is 6.11. The molecule has 2 amide bonds. The number of amides is 2. The van der Waals surface area contributed by atoms with E-state index in [4.69, 9.17) is 9.15 Å². The summed E-state index contributed by atoms with van der Waals surface area (Å²) in [5.41, 5.74) is 1.70. The van der Waals surface area contributed by atoms with E-state index in [0.717, 1.165) is 26.9 Å². The predicted molar refractivity (Wildman–Crippen MR) is 118 cm³/mol. The number of hydrogen-bond donors (Lipinski definition) is 0. The van der Waals surface area contributed by atoms with Gasteiger partial charge >= 0.3 is 0 Å². The average Bonchev–Trinajstić information content (AvgIpc) is 3.49. The summed E-state index contributed by atoms with van der Waals surface area (Å²) in [6.07, 6.45) is 0.821. The number of oxazole rings is 1. The summed E-state index contributed by atoms with van der Waals surface area (Å²) in [6.45, 7) is 7.14. The van der Waals surface area contributed by atoms with Crippen LogP contribution in [0, 0.1) is 13.8 Å². The first-order chi connectivity index (χ1) is 15.0. The molecule has 4 heterocycles. The Balaban J connectivity index is 1.46. The molecule has 0 N–H and O–H groups in total. The number of fused-ring (bicyclic) bond motifs is 1. The van der Waals surface area contributed by atoms with Gasteiger partial charge < -0.3 is 19.0 Å². The quantitative estimate of drug-likeness (QED) is 0.623. The van der Waals surface area contributed by atoms with Crippen molar-refractivity contribution in [3.8, 4) is 0 Å². The van der Waals surface area contributed by atoms with E-state index < -0.39 is 0 Å². The number of likely N-dealkylation sites (tertiary alicyclic amines) is 1. The zero-order chi connectivity index (χ0) is 21.5. The molecular formula is C23H25N3O4S. The minimum atomic E-state index is -0.124. The molecule has 1 aromatic carbocycles. The third-order valence-corrected chi connectivity index (χ3v) is 7.28. The van der Waals surface area contributed by atoms with Gasteiger partial charge in [0.1, 0.15) is 0 Å². The van der Waals surface area contributed by atoms with E-state index in [-0.39, 0.29) is 17.7 Å². The molecule has 5 rings (SSSR count). The molecule has 1 unspecified atom stereocenters. The number of carbonyl (C=O) groups is 2. The highest BCUT2D eigenvalue weighted by Gasteiger charge is 2.35. The summed E-state index contributed by atoms with van der Waals surface area (Å²) in [4.78, 5) is 35.2. The first-order valence-electron chi connectivity index (χ1n) is 10.6. The summed E-state index contributed by atoms with van der Waals surface area (Å²) in [5, 5.41) is 1.12. The molecule has 2 saturated heterocycles. The van der Waals surface area contributed by atoms with E-state index in [2.05, 4.69) is 17.1 Å². The highest BCUT2D eigenvalue weighted by atomic mass is 32.1. The molecule has 0 bridgehead atoms. The molecule has 1 atom stereocenters. The number of hydrogen-bond acceptors (Lipinski definition) is 6. The van der Waals surface area contributed by atoms with Crippen molar-refractivity contribution in [2.24, 2.45) is 0 Å². The molecule has 7 nitrogen and oxygen atoms in total. The van der Waals surface area contributed by atoms with Gasteiger partial charge in [-0.1, -0.05) is 18.2 Å². The number of aryl methyl sites for hydroxylation is 2. The summed E-state index contributed by atoms with van der Waals surface area (Å²) in [6, 6.07) is 8.18. The molecule has 8 heteroatoms. The Morgan fingerprint density at radius 3 is 2.58 bits per heavy atom. The smallest absolute Gasteiger partial charge is 0.291 e. The number of nitrogens with zero attached hydrogens (tertiary/aromatic N) is 3. The van der Waals surface area contributed by atoms with E-state index in [0.29, 0.717) is 56.7 Å². The summed E-state index contributed by atoms with van der Waals surface area (Å²) in [7, 11) is 0. The summed E-state index contributed by atoms with van der Waals surface area (Å²) in [5.74, 6) is 0.883. The van der Waals surface area contributed by atoms with Crippen LogP contribution in [-0.4, -0.2) is 66.0 Å². The van der Waals surface area contributed by atoms with Crippen LogP contribution in [0.2, 0.25) is 0 Å². The van der Waals surface area contributed by atoms with Crippen molar-refractivity contribution >= 4 is 33.2 Å². The number of carbonyl (C=O) groups excluding carboxylic acids is 2. The van der Waals surface area contributed by atoms with Gasteiger partial charge in [0.2, 0.25) is 5.76 Å². The van der Waals surface area contributed by atoms with Gasteiger partial charge in [-0.3, -0.25) is 9.59 Å². The van der Waals surface area contributed by atoms with E-state index in [1.165, 1.54) is 0 Å². The van der Waals surface area contributed by atoms with Gasteiger partial charge in [0.25, 0.3) is 11.8 Å². The van der Waals surface area contributed by atoms with Crippen molar-refractivity contribution in [1.82, 2.24) is 14.8 Å². The Bertz CT molecular complexity index is 1150. The van der Waals surface area contributed by atoms with Crippen molar-refractivity contribution in [1.29, 1.82) is 0 Å². The van der Waals surface area contributed by atoms with E-state index >= 15 is 0 Å². The molecule has 2 aliphatic heterocycles. The fourth-order valence-electron chi connectivity index (χ4n) is 4.59. The molecule has 0 spiro atoms. The van der Waals surface area contributed by atoms with E-state index in [9.17, 15) is 9.59 Å². The second kappa shape index (κ2) is 8.09. The maximum atomic E-state index is 13.4. The van der Waals surface area contributed by atoms with Gasteiger partial charge in [0.15, 0.2) is 5.89 Å². The Morgan fingerprint density at radius 1 is 1.06 bits per heavy atom. The van der Waals surface area contributed by atoms with Crippen LogP contribution in [0.25, 0.3) is 10.1 Å². The average molecular weight is 440 g/mol. The van der Waals surface area contributed by atoms with Crippen LogP contribution in [0.3, 0.4) is 0 Å². The minimum absolute atomic E-state index is 0.0750. The molecular weight excluding hydrogens is 414 g/mol. The van der Waals surface area contributed by atoms with Crippen molar-refractivity contribution in [3.05, 3.63) is 52.1 Å². The molecule has 162 valence electrons. The van der Waals surface area contributed by atoms with Crippen LogP contribution in [-0.2, 0) is 4.74 Å². The van der Waals surface area contributed by atoms with Crippen LogP contribution < -0.4 is 0 Å². The van der Waals surface area contributed by atoms with Crippen LogP contribution in [0.15, 0.2) is 28.7 Å². The van der Waals surface area contributed by atoms with Gasteiger partial charge in [-0.25, -0.2) is 4.98 Å². The maximum Gasteiger partial charge on any atom is 0.291 e. The molecule has 2 aromatic heterocycles. The lowest BCUT2D eigenvalue weighted by molar-refractivity contribution is 0.0305. The first-order valence-corrected chi connectivity index (χ1v) is 11.5. The lowest BCUT2D eigenvalue weighted by Crippen LogP contribution is -2.40. The highest BCUT2D eigenvalue weighted by Crippen LogP contribution is 2.41. The molecule has 3 aromatic rings. The Morgan fingerprint density at radius 2 is 1.84 bits per heavy atom. The van der Waals surface area contributed by atoms with Gasteiger partial charge in [0.05, 0.1) is 23.8 Å². The standard InChI is InChI=1S/C23H25N3O4S/c1-14-20(30-15(2)24-14)22(27)26-8-7-16(13-26)19-17-5-3-4-6-18(17)31-21(19)23(28)25-9-11-29-12-10-25/h3-6,16H,7-13H2,1-2H3. The van der Waals surface area contributed by atoms with Gasteiger partial charge in [0, 0.05) is 43.7 Å². The van der Waals surface area contributed by atoms with E-state index in [1.54, 1.807) is 25.2 Å². The predicted octanol–water partition coefficient (Wildman–Crippen LogP) is 3.61.